The third-order valence-electron chi connectivity index (χ3n) is 3.68. The number of carbonyl (C=O) groups excluding carboxylic acids is 1. The lowest BCUT2D eigenvalue weighted by atomic mass is 9.90. The second kappa shape index (κ2) is 8.39. The zero-order valence-corrected chi connectivity index (χ0v) is 14.0. The highest BCUT2D eigenvalue weighted by molar-refractivity contribution is 6.35. The lowest BCUT2D eigenvalue weighted by Gasteiger charge is -2.17. The predicted octanol–water partition coefficient (Wildman–Crippen LogP) is 4.44. The second-order valence-electron chi connectivity index (χ2n) is 5.49. The molecule has 1 aromatic carbocycles. The maximum absolute atomic E-state index is 11.9. The Morgan fingerprint density at radius 1 is 1.36 bits per heavy atom. The van der Waals surface area contributed by atoms with E-state index in [0.717, 1.165) is 12.8 Å². The number of nitrogens with one attached hydrogen (secondary N) is 1. The number of hydrogen-bond acceptors (Lipinski definition) is 3. The highest BCUT2D eigenvalue weighted by Crippen LogP contribution is 2.28. The average molecular weight is 343 g/mol. The summed E-state index contributed by atoms with van der Waals surface area (Å²) in [7, 11) is 0. The van der Waals surface area contributed by atoms with E-state index in [2.05, 4.69) is 10.5 Å². The summed E-state index contributed by atoms with van der Waals surface area (Å²) >= 11 is 11.8. The first kappa shape index (κ1) is 17.1. The molecule has 1 aliphatic rings. The standard InChI is InChI=1S/C16H20Cl2N2O2/c1-11(22-15-8-7-13(17)9-14(15)18)16(21)20-19-10-12-5-3-2-4-6-12/h7-12H,2-6H2,1H3,(H,20,21). The molecule has 1 atom stereocenters. The summed E-state index contributed by atoms with van der Waals surface area (Å²) in [5.74, 6) is 0.582. The van der Waals surface area contributed by atoms with Gasteiger partial charge in [-0.1, -0.05) is 42.5 Å². The van der Waals surface area contributed by atoms with Crippen LogP contribution in [-0.2, 0) is 4.79 Å². The summed E-state index contributed by atoms with van der Waals surface area (Å²) in [4.78, 5) is 11.9. The molecule has 4 nitrogen and oxygen atoms in total. The molecular weight excluding hydrogens is 323 g/mol. The summed E-state index contributed by atoms with van der Waals surface area (Å²) in [6.07, 6.45) is 7.19. The molecule has 120 valence electrons. The molecule has 0 heterocycles. The van der Waals surface area contributed by atoms with E-state index in [-0.39, 0.29) is 5.91 Å². The van der Waals surface area contributed by atoms with E-state index in [1.807, 2.05) is 6.21 Å². The number of rotatable bonds is 5. The van der Waals surface area contributed by atoms with E-state index in [4.69, 9.17) is 27.9 Å². The number of nitrogens with zero attached hydrogens (tertiary/aromatic N) is 1. The Kier molecular flexibility index (Phi) is 6.52. The van der Waals surface area contributed by atoms with Crippen LogP contribution >= 0.6 is 23.2 Å². The largest absolute Gasteiger partial charge is 0.479 e. The fourth-order valence-electron chi connectivity index (χ4n) is 2.40. The minimum absolute atomic E-state index is 0.307. The Labute approximate surface area is 140 Å². The van der Waals surface area contributed by atoms with Crippen LogP contribution in [0.1, 0.15) is 39.0 Å². The van der Waals surface area contributed by atoms with Crippen molar-refractivity contribution < 1.29 is 9.53 Å². The van der Waals surface area contributed by atoms with Crippen LogP contribution in [0.5, 0.6) is 5.75 Å². The van der Waals surface area contributed by atoms with Gasteiger partial charge in [0.2, 0.25) is 0 Å². The maximum Gasteiger partial charge on any atom is 0.280 e. The molecule has 1 aliphatic carbocycles. The number of amides is 1. The van der Waals surface area contributed by atoms with Crippen molar-refractivity contribution in [2.75, 3.05) is 0 Å². The lowest BCUT2D eigenvalue weighted by Crippen LogP contribution is -2.33. The summed E-state index contributed by atoms with van der Waals surface area (Å²) in [5.41, 5.74) is 2.52. The van der Waals surface area contributed by atoms with Crippen molar-refractivity contribution >= 4 is 35.3 Å². The van der Waals surface area contributed by atoms with E-state index in [1.165, 1.54) is 19.3 Å². The zero-order chi connectivity index (χ0) is 15.9. The van der Waals surface area contributed by atoms with Gasteiger partial charge in [0.05, 0.1) is 5.02 Å². The number of benzene rings is 1. The Hall–Kier alpha value is -1.26. The first-order valence-electron chi connectivity index (χ1n) is 7.51. The van der Waals surface area contributed by atoms with Gasteiger partial charge >= 0.3 is 0 Å². The number of carbonyl (C=O) groups is 1. The fraction of sp³-hybridized carbons (Fsp3) is 0.500. The van der Waals surface area contributed by atoms with Crippen LogP contribution in [0, 0.1) is 5.92 Å². The normalized spacial score (nSPS) is 17.4. The Morgan fingerprint density at radius 3 is 2.77 bits per heavy atom. The van der Waals surface area contributed by atoms with Crippen molar-refractivity contribution in [1.82, 2.24) is 5.43 Å². The van der Waals surface area contributed by atoms with E-state index >= 15 is 0 Å². The maximum atomic E-state index is 11.9. The highest BCUT2D eigenvalue weighted by Gasteiger charge is 2.16. The van der Waals surface area contributed by atoms with Gasteiger partial charge in [0.15, 0.2) is 6.10 Å². The Morgan fingerprint density at radius 2 is 2.09 bits per heavy atom. The number of ether oxygens (including phenoxy) is 1. The molecule has 0 spiro atoms. The summed E-state index contributed by atoms with van der Waals surface area (Å²) in [5, 5.41) is 4.93. The monoisotopic (exact) mass is 342 g/mol. The number of halogens is 2. The van der Waals surface area contributed by atoms with Crippen LogP contribution in [0.15, 0.2) is 23.3 Å². The molecule has 0 bridgehead atoms. The molecule has 0 aliphatic heterocycles. The van der Waals surface area contributed by atoms with Crippen LogP contribution in [0.3, 0.4) is 0 Å². The van der Waals surface area contributed by atoms with E-state index < -0.39 is 6.10 Å². The topological polar surface area (TPSA) is 50.7 Å². The molecule has 1 saturated carbocycles. The van der Waals surface area contributed by atoms with Crippen molar-refractivity contribution in [3.63, 3.8) is 0 Å². The van der Waals surface area contributed by atoms with Crippen molar-refractivity contribution in [2.45, 2.75) is 45.1 Å². The van der Waals surface area contributed by atoms with E-state index in [1.54, 1.807) is 25.1 Å². The SMILES string of the molecule is CC(Oc1ccc(Cl)cc1Cl)C(=O)NN=CC1CCCCC1. The Balaban J connectivity index is 1.82. The van der Waals surface area contributed by atoms with Gasteiger partial charge in [0.25, 0.3) is 5.91 Å². The smallest absolute Gasteiger partial charge is 0.280 e. The van der Waals surface area contributed by atoms with E-state index in [9.17, 15) is 4.79 Å². The molecule has 1 N–H and O–H groups in total. The van der Waals surface area contributed by atoms with Crippen LogP contribution in [0.2, 0.25) is 10.0 Å². The minimum Gasteiger partial charge on any atom is -0.479 e. The lowest BCUT2D eigenvalue weighted by molar-refractivity contribution is -0.127. The molecular formula is C16H20Cl2N2O2. The number of hydrazone groups is 1. The van der Waals surface area contributed by atoms with Gasteiger partial charge in [-0.05, 0) is 43.9 Å². The predicted molar refractivity (Wildman–Crippen MR) is 89.8 cm³/mol. The molecule has 22 heavy (non-hydrogen) atoms. The quantitative estimate of drug-likeness (QED) is 0.635. The molecule has 0 radical (unpaired) electrons. The van der Waals surface area contributed by atoms with Gasteiger partial charge in [0, 0.05) is 11.2 Å². The van der Waals surface area contributed by atoms with Gasteiger partial charge in [-0.25, -0.2) is 5.43 Å². The van der Waals surface area contributed by atoms with E-state index in [0.29, 0.717) is 21.7 Å². The second-order valence-corrected chi connectivity index (χ2v) is 6.33. The molecule has 0 saturated heterocycles. The average Bonchev–Trinajstić information content (AvgIpc) is 2.51. The van der Waals surface area contributed by atoms with Gasteiger partial charge in [0.1, 0.15) is 5.75 Å². The molecule has 6 heteroatoms. The van der Waals surface area contributed by atoms with Crippen molar-refractivity contribution in [1.29, 1.82) is 0 Å². The van der Waals surface area contributed by atoms with Gasteiger partial charge < -0.3 is 4.74 Å². The van der Waals surface area contributed by atoms with Crippen molar-refractivity contribution in [3.05, 3.63) is 28.2 Å². The minimum atomic E-state index is -0.692. The van der Waals surface area contributed by atoms with Gasteiger partial charge in [-0.2, -0.15) is 5.10 Å². The number of hydrogen-bond donors (Lipinski definition) is 1. The van der Waals surface area contributed by atoms with Gasteiger partial charge in [-0.15, -0.1) is 0 Å². The van der Waals surface area contributed by atoms with Crippen molar-refractivity contribution in [2.24, 2.45) is 11.0 Å². The molecule has 1 unspecified atom stereocenters. The van der Waals surface area contributed by atoms with Crippen LogP contribution in [0.4, 0.5) is 0 Å². The molecule has 1 fully saturated rings. The molecule has 2 rings (SSSR count). The first-order chi connectivity index (χ1) is 10.6. The first-order valence-corrected chi connectivity index (χ1v) is 8.26. The Bertz CT molecular complexity index is 543. The summed E-state index contributed by atoms with van der Waals surface area (Å²) in [6, 6.07) is 4.87. The third kappa shape index (κ3) is 5.18. The van der Waals surface area contributed by atoms with Crippen molar-refractivity contribution in [3.8, 4) is 5.75 Å². The van der Waals surface area contributed by atoms with Crippen LogP contribution in [-0.4, -0.2) is 18.2 Å². The van der Waals surface area contributed by atoms with Crippen LogP contribution in [0.25, 0.3) is 0 Å². The zero-order valence-electron chi connectivity index (χ0n) is 12.5. The third-order valence-corrected chi connectivity index (χ3v) is 4.21. The molecule has 1 amide bonds. The molecule has 0 aromatic heterocycles. The van der Waals surface area contributed by atoms with Crippen LogP contribution < -0.4 is 10.2 Å². The summed E-state index contributed by atoms with van der Waals surface area (Å²) < 4.78 is 5.53. The van der Waals surface area contributed by atoms with Gasteiger partial charge in [-0.3, -0.25) is 4.79 Å². The summed E-state index contributed by atoms with van der Waals surface area (Å²) in [6.45, 7) is 1.65. The fourth-order valence-corrected chi connectivity index (χ4v) is 2.85. The molecule has 1 aromatic rings. The highest BCUT2D eigenvalue weighted by atomic mass is 35.5.